The molecule has 0 aliphatic carbocycles. The monoisotopic (exact) mass is 277 g/mol. The number of anilines is 1. The highest BCUT2D eigenvalue weighted by Crippen LogP contribution is 2.25. The largest absolute Gasteiger partial charge is 0.359 e. The number of pyridine rings is 1. The summed E-state index contributed by atoms with van der Waals surface area (Å²) in [4.78, 5) is 7.12. The second-order valence-corrected chi connectivity index (χ2v) is 7.02. The maximum atomic E-state index is 4.86. The molecule has 114 valence electrons. The third-order valence-electron chi connectivity index (χ3n) is 3.25. The van der Waals surface area contributed by atoms with Crippen LogP contribution in [0.25, 0.3) is 0 Å². The summed E-state index contributed by atoms with van der Waals surface area (Å²) in [6, 6.07) is 4.44. The lowest BCUT2D eigenvalue weighted by Gasteiger charge is -2.25. The maximum absolute atomic E-state index is 4.86. The lowest BCUT2D eigenvalue weighted by Crippen LogP contribution is -2.26. The molecule has 0 unspecified atom stereocenters. The summed E-state index contributed by atoms with van der Waals surface area (Å²) >= 11 is 0. The smallest absolute Gasteiger partial charge is 0.128 e. The summed E-state index contributed by atoms with van der Waals surface area (Å²) in [7, 11) is 2.13. The van der Waals surface area contributed by atoms with Gasteiger partial charge in [-0.05, 0) is 30.2 Å². The zero-order chi connectivity index (χ0) is 15.3. The van der Waals surface area contributed by atoms with Gasteiger partial charge in [-0.25, -0.2) is 4.98 Å². The van der Waals surface area contributed by atoms with Crippen LogP contribution >= 0.6 is 0 Å². The van der Waals surface area contributed by atoms with Crippen molar-refractivity contribution in [2.45, 2.75) is 53.5 Å². The predicted octanol–water partition coefficient (Wildman–Crippen LogP) is 3.58. The van der Waals surface area contributed by atoms with Crippen LogP contribution in [0.5, 0.6) is 0 Å². The van der Waals surface area contributed by atoms with Crippen LogP contribution in [0.2, 0.25) is 0 Å². The van der Waals surface area contributed by atoms with Gasteiger partial charge >= 0.3 is 0 Å². The van der Waals surface area contributed by atoms with Crippen molar-refractivity contribution >= 4 is 5.82 Å². The molecule has 0 spiro atoms. The van der Waals surface area contributed by atoms with Gasteiger partial charge in [-0.3, -0.25) is 0 Å². The second-order valence-electron chi connectivity index (χ2n) is 7.02. The van der Waals surface area contributed by atoms with Crippen molar-refractivity contribution in [3.63, 3.8) is 0 Å². The number of hydrogen-bond donors (Lipinski definition) is 1. The minimum Gasteiger partial charge on any atom is -0.359 e. The molecule has 0 amide bonds. The molecule has 3 nitrogen and oxygen atoms in total. The Morgan fingerprint density at radius 2 is 1.90 bits per heavy atom. The van der Waals surface area contributed by atoms with Gasteiger partial charge in [-0.15, -0.1) is 0 Å². The fraction of sp³-hybridized carbons (Fsp3) is 0.706. The molecule has 0 atom stereocenters. The second kappa shape index (κ2) is 7.07. The van der Waals surface area contributed by atoms with Gasteiger partial charge in [0.1, 0.15) is 5.82 Å². The highest BCUT2D eigenvalue weighted by Gasteiger charge is 2.18. The van der Waals surface area contributed by atoms with Gasteiger partial charge in [0.15, 0.2) is 0 Å². The molecule has 1 rings (SSSR count). The molecular formula is C17H31N3. The Bertz CT molecular complexity index is 419. The van der Waals surface area contributed by atoms with Crippen LogP contribution in [0, 0.1) is 5.92 Å². The zero-order valence-corrected chi connectivity index (χ0v) is 14.2. The topological polar surface area (TPSA) is 28.2 Å². The van der Waals surface area contributed by atoms with Gasteiger partial charge in [-0.1, -0.05) is 41.5 Å². The average Bonchev–Trinajstić information content (AvgIpc) is 2.34. The Labute approximate surface area is 124 Å². The number of rotatable bonds is 6. The molecule has 0 aliphatic heterocycles. The van der Waals surface area contributed by atoms with Crippen LogP contribution in [-0.4, -0.2) is 25.1 Å². The first-order valence-corrected chi connectivity index (χ1v) is 7.67. The van der Waals surface area contributed by atoms with Gasteiger partial charge in [0.2, 0.25) is 0 Å². The molecule has 1 N–H and O–H groups in total. The van der Waals surface area contributed by atoms with E-state index < -0.39 is 0 Å². The van der Waals surface area contributed by atoms with Crippen LogP contribution in [0.15, 0.2) is 12.1 Å². The first-order chi connectivity index (χ1) is 9.24. The molecule has 0 saturated heterocycles. The highest BCUT2D eigenvalue weighted by molar-refractivity contribution is 5.43. The average molecular weight is 277 g/mol. The lowest BCUT2D eigenvalue weighted by atomic mass is 9.90. The molecule has 0 radical (unpaired) electrons. The summed E-state index contributed by atoms with van der Waals surface area (Å²) in [6.45, 7) is 16.2. The molecule has 1 aromatic heterocycles. The van der Waals surface area contributed by atoms with Gasteiger partial charge in [0.25, 0.3) is 0 Å². The third-order valence-corrected chi connectivity index (χ3v) is 3.25. The number of hydrogen-bond acceptors (Lipinski definition) is 3. The molecule has 0 aromatic carbocycles. The molecule has 1 aromatic rings. The van der Waals surface area contributed by atoms with E-state index in [0.717, 1.165) is 25.5 Å². The Morgan fingerprint density at radius 1 is 1.25 bits per heavy atom. The minimum absolute atomic E-state index is 0.0790. The van der Waals surface area contributed by atoms with Crippen molar-refractivity contribution < 1.29 is 0 Å². The molecule has 0 aliphatic rings. The lowest BCUT2D eigenvalue weighted by molar-refractivity contribution is 0.563. The van der Waals surface area contributed by atoms with Crippen LogP contribution < -0.4 is 10.2 Å². The molecule has 0 saturated carbocycles. The van der Waals surface area contributed by atoms with Crippen molar-refractivity contribution in [3.8, 4) is 0 Å². The fourth-order valence-electron chi connectivity index (χ4n) is 2.16. The summed E-state index contributed by atoms with van der Waals surface area (Å²) in [6.07, 6.45) is 0. The summed E-state index contributed by atoms with van der Waals surface area (Å²) in [5.41, 5.74) is 2.56. The molecule has 0 bridgehead atoms. The normalized spacial score (nSPS) is 12.0. The van der Waals surface area contributed by atoms with Gasteiger partial charge in [0.05, 0.1) is 0 Å². The maximum Gasteiger partial charge on any atom is 0.128 e. The van der Waals surface area contributed by atoms with Crippen LogP contribution in [0.4, 0.5) is 5.82 Å². The molecular weight excluding hydrogens is 246 g/mol. The van der Waals surface area contributed by atoms with E-state index >= 15 is 0 Å². The van der Waals surface area contributed by atoms with Crippen molar-refractivity contribution in [3.05, 3.63) is 23.4 Å². The van der Waals surface area contributed by atoms with Crippen molar-refractivity contribution in [1.29, 1.82) is 0 Å². The minimum atomic E-state index is 0.0790. The highest BCUT2D eigenvalue weighted by atomic mass is 15.2. The van der Waals surface area contributed by atoms with Crippen molar-refractivity contribution in [1.82, 2.24) is 10.3 Å². The van der Waals surface area contributed by atoms with Gasteiger partial charge < -0.3 is 10.2 Å². The van der Waals surface area contributed by atoms with Crippen LogP contribution in [0.1, 0.15) is 52.8 Å². The first-order valence-electron chi connectivity index (χ1n) is 7.67. The van der Waals surface area contributed by atoms with E-state index in [0.29, 0.717) is 5.92 Å². The molecule has 0 fully saturated rings. The van der Waals surface area contributed by atoms with E-state index in [1.807, 2.05) is 0 Å². The van der Waals surface area contributed by atoms with E-state index in [9.17, 15) is 0 Å². The number of nitrogens with one attached hydrogen (secondary N) is 1. The van der Waals surface area contributed by atoms with Crippen molar-refractivity contribution in [2.24, 2.45) is 5.92 Å². The Morgan fingerprint density at radius 3 is 2.40 bits per heavy atom. The van der Waals surface area contributed by atoms with E-state index in [2.05, 4.69) is 70.9 Å². The zero-order valence-electron chi connectivity index (χ0n) is 14.2. The number of aromatic nitrogens is 1. The van der Waals surface area contributed by atoms with Gasteiger partial charge in [-0.2, -0.15) is 0 Å². The number of nitrogens with zero attached hydrogens (tertiary/aromatic N) is 2. The van der Waals surface area contributed by atoms with E-state index in [1.54, 1.807) is 0 Å². The molecule has 3 heteroatoms. The Kier molecular flexibility index (Phi) is 6.00. The van der Waals surface area contributed by atoms with Crippen LogP contribution in [0.3, 0.4) is 0 Å². The Hall–Kier alpha value is -1.09. The SMILES string of the molecule is CCNCc1cc(N(C)CC(C)C)nc(C(C)(C)C)c1. The summed E-state index contributed by atoms with van der Waals surface area (Å²) in [5.74, 6) is 1.72. The molecule has 20 heavy (non-hydrogen) atoms. The fourth-order valence-corrected chi connectivity index (χ4v) is 2.16. The Balaban J connectivity index is 3.09. The summed E-state index contributed by atoms with van der Waals surface area (Å²) in [5, 5.41) is 3.40. The van der Waals surface area contributed by atoms with Gasteiger partial charge in [0, 0.05) is 31.2 Å². The van der Waals surface area contributed by atoms with E-state index in [1.165, 1.54) is 11.3 Å². The van der Waals surface area contributed by atoms with Crippen molar-refractivity contribution in [2.75, 3.05) is 25.0 Å². The first kappa shape index (κ1) is 17.0. The standard InChI is InChI=1S/C17H31N3/c1-8-18-11-14-9-15(17(4,5)6)19-16(10-14)20(7)12-13(2)3/h9-10,13,18H,8,11-12H2,1-7H3. The molecule has 1 heterocycles. The predicted molar refractivity (Wildman–Crippen MR) is 88.4 cm³/mol. The quantitative estimate of drug-likeness (QED) is 0.861. The summed E-state index contributed by atoms with van der Waals surface area (Å²) < 4.78 is 0. The van der Waals surface area contributed by atoms with E-state index in [4.69, 9.17) is 4.98 Å². The third kappa shape index (κ3) is 5.12. The van der Waals surface area contributed by atoms with Crippen LogP contribution in [-0.2, 0) is 12.0 Å². The van der Waals surface area contributed by atoms with E-state index in [-0.39, 0.29) is 5.41 Å².